The first-order valence-corrected chi connectivity index (χ1v) is 4.06. The molecule has 0 atom stereocenters. The van der Waals surface area contributed by atoms with Gasteiger partial charge in [-0.05, 0) is 30.3 Å². The topological polar surface area (TPSA) is 76.2 Å². The molecule has 2 rings (SSSR count). The van der Waals surface area contributed by atoms with Crippen molar-refractivity contribution in [3.05, 3.63) is 35.9 Å². The number of anilines is 1. The number of hydrogen-bond donors (Lipinski definition) is 2. The van der Waals surface area contributed by atoms with Gasteiger partial charge < -0.3 is 10.8 Å². The number of hydrogen-bond acceptors (Lipinski definition) is 3. The van der Waals surface area contributed by atoms with Crippen LogP contribution in [-0.2, 0) is 0 Å². The zero-order valence-electron chi connectivity index (χ0n) is 7.68. The van der Waals surface area contributed by atoms with Crippen LogP contribution >= 0.6 is 12.4 Å². The Kier molecular flexibility index (Phi) is 3.11. The molecule has 4 nitrogen and oxygen atoms in total. The standard InChI is InChI=1S/C10H8N2O2.ClH/c11-9-4-2-6-5-7(10(13)14)1-3-8(6)12-9;/h1-5H,(H2,11,12)(H,13,14);1H. The molecule has 0 saturated carbocycles. The van der Waals surface area contributed by atoms with E-state index < -0.39 is 5.97 Å². The fourth-order valence-electron chi connectivity index (χ4n) is 1.27. The summed E-state index contributed by atoms with van der Waals surface area (Å²) in [5.74, 6) is -0.510. The van der Waals surface area contributed by atoms with Crippen LogP contribution in [0.1, 0.15) is 10.4 Å². The second-order valence-electron chi connectivity index (χ2n) is 2.95. The monoisotopic (exact) mass is 224 g/mol. The average Bonchev–Trinajstić information content (AvgIpc) is 2.16. The fraction of sp³-hybridized carbons (Fsp3) is 0. The van der Waals surface area contributed by atoms with Gasteiger partial charge in [-0.15, -0.1) is 12.4 Å². The number of carbonyl (C=O) groups is 1. The lowest BCUT2D eigenvalue weighted by Gasteiger charge is -1.99. The van der Waals surface area contributed by atoms with Crippen molar-refractivity contribution in [3.8, 4) is 0 Å². The number of pyridine rings is 1. The van der Waals surface area contributed by atoms with Gasteiger partial charge in [0.15, 0.2) is 0 Å². The van der Waals surface area contributed by atoms with Crippen molar-refractivity contribution in [2.75, 3.05) is 5.73 Å². The van der Waals surface area contributed by atoms with E-state index >= 15 is 0 Å². The summed E-state index contributed by atoms with van der Waals surface area (Å²) in [6.45, 7) is 0. The molecule has 0 aliphatic rings. The summed E-state index contributed by atoms with van der Waals surface area (Å²) < 4.78 is 0. The highest BCUT2D eigenvalue weighted by Crippen LogP contribution is 2.15. The van der Waals surface area contributed by atoms with Crippen LogP contribution in [0.2, 0.25) is 0 Å². The van der Waals surface area contributed by atoms with Gasteiger partial charge in [0.2, 0.25) is 0 Å². The Bertz CT molecular complexity index is 514. The predicted molar refractivity (Wildman–Crippen MR) is 60.4 cm³/mol. The highest BCUT2D eigenvalue weighted by Gasteiger charge is 2.03. The summed E-state index contributed by atoms with van der Waals surface area (Å²) in [6, 6.07) is 8.13. The summed E-state index contributed by atoms with van der Waals surface area (Å²) >= 11 is 0. The maximum Gasteiger partial charge on any atom is 0.335 e. The zero-order chi connectivity index (χ0) is 10.1. The molecule has 0 bridgehead atoms. The van der Waals surface area contributed by atoms with E-state index in [-0.39, 0.29) is 18.0 Å². The molecule has 78 valence electrons. The van der Waals surface area contributed by atoms with Crippen LogP contribution in [0.15, 0.2) is 30.3 Å². The summed E-state index contributed by atoms with van der Waals surface area (Å²) in [6.07, 6.45) is 0. The molecule has 5 heteroatoms. The first kappa shape index (κ1) is 11.3. The molecule has 0 radical (unpaired) electrons. The van der Waals surface area contributed by atoms with Crippen molar-refractivity contribution in [3.63, 3.8) is 0 Å². The number of nitrogen functional groups attached to an aromatic ring is 1. The maximum absolute atomic E-state index is 10.7. The third-order valence-electron chi connectivity index (χ3n) is 1.96. The molecule has 3 N–H and O–H groups in total. The lowest BCUT2D eigenvalue weighted by molar-refractivity contribution is 0.0697. The van der Waals surface area contributed by atoms with Gasteiger partial charge in [-0.3, -0.25) is 0 Å². The molecule has 0 saturated heterocycles. The number of aromatic carboxylic acids is 1. The van der Waals surface area contributed by atoms with Crippen LogP contribution in [0.3, 0.4) is 0 Å². The molecule has 1 aromatic carbocycles. The number of fused-ring (bicyclic) bond motifs is 1. The smallest absolute Gasteiger partial charge is 0.335 e. The van der Waals surface area contributed by atoms with Crippen LogP contribution in [0.25, 0.3) is 10.9 Å². The lowest BCUT2D eigenvalue weighted by atomic mass is 10.1. The Morgan fingerprint density at radius 1 is 1.27 bits per heavy atom. The molecule has 1 aromatic heterocycles. The van der Waals surface area contributed by atoms with Gasteiger partial charge in [0.1, 0.15) is 5.82 Å². The number of aromatic nitrogens is 1. The number of nitrogens with zero attached hydrogens (tertiary/aromatic N) is 1. The van der Waals surface area contributed by atoms with Crippen LogP contribution in [0, 0.1) is 0 Å². The van der Waals surface area contributed by atoms with Gasteiger partial charge in [-0.2, -0.15) is 0 Å². The molecule has 1 heterocycles. The first-order chi connectivity index (χ1) is 6.66. The highest BCUT2D eigenvalue weighted by atomic mass is 35.5. The van der Waals surface area contributed by atoms with E-state index in [2.05, 4.69) is 4.98 Å². The van der Waals surface area contributed by atoms with Crippen molar-refractivity contribution >= 4 is 35.1 Å². The van der Waals surface area contributed by atoms with Crippen molar-refractivity contribution in [1.82, 2.24) is 4.98 Å². The van der Waals surface area contributed by atoms with E-state index in [0.717, 1.165) is 5.39 Å². The summed E-state index contributed by atoms with van der Waals surface area (Å²) in [4.78, 5) is 14.7. The second-order valence-corrected chi connectivity index (χ2v) is 2.95. The Balaban J connectivity index is 0.00000112. The molecule has 2 aromatic rings. The minimum atomic E-state index is -0.941. The van der Waals surface area contributed by atoms with Gasteiger partial charge >= 0.3 is 5.97 Å². The third kappa shape index (κ3) is 2.16. The minimum absolute atomic E-state index is 0. The van der Waals surface area contributed by atoms with Gasteiger partial charge in [0.25, 0.3) is 0 Å². The molecule has 0 aliphatic carbocycles. The number of rotatable bonds is 1. The quantitative estimate of drug-likeness (QED) is 0.776. The number of nitrogens with two attached hydrogens (primary N) is 1. The van der Waals surface area contributed by atoms with Crippen LogP contribution in [0.4, 0.5) is 5.82 Å². The van der Waals surface area contributed by atoms with E-state index in [0.29, 0.717) is 11.3 Å². The van der Waals surface area contributed by atoms with Gasteiger partial charge in [-0.1, -0.05) is 0 Å². The molecular formula is C10H9ClN2O2. The van der Waals surface area contributed by atoms with E-state index in [4.69, 9.17) is 10.8 Å². The SMILES string of the molecule is Cl.Nc1ccc2cc(C(=O)O)ccc2n1. The van der Waals surface area contributed by atoms with Gasteiger partial charge in [0, 0.05) is 5.39 Å². The minimum Gasteiger partial charge on any atom is -0.478 e. The van der Waals surface area contributed by atoms with Gasteiger partial charge in [0.05, 0.1) is 11.1 Å². The number of carboxylic acids is 1. The predicted octanol–water partition coefficient (Wildman–Crippen LogP) is 1.94. The van der Waals surface area contributed by atoms with Gasteiger partial charge in [-0.25, -0.2) is 9.78 Å². The number of benzene rings is 1. The first-order valence-electron chi connectivity index (χ1n) is 4.06. The molecule has 0 unspecified atom stereocenters. The molecule has 0 amide bonds. The van der Waals surface area contributed by atoms with E-state index in [9.17, 15) is 4.79 Å². The summed E-state index contributed by atoms with van der Waals surface area (Å²) in [5.41, 5.74) is 6.45. The van der Waals surface area contributed by atoms with Crippen molar-refractivity contribution in [2.24, 2.45) is 0 Å². The molecule has 0 fully saturated rings. The fourth-order valence-corrected chi connectivity index (χ4v) is 1.27. The average molecular weight is 225 g/mol. The van der Waals surface area contributed by atoms with Crippen LogP contribution in [-0.4, -0.2) is 16.1 Å². The normalized spacial score (nSPS) is 9.60. The number of halogens is 1. The highest BCUT2D eigenvalue weighted by molar-refractivity contribution is 5.93. The Morgan fingerprint density at radius 3 is 2.67 bits per heavy atom. The molecular weight excluding hydrogens is 216 g/mol. The second kappa shape index (κ2) is 4.14. The summed E-state index contributed by atoms with van der Waals surface area (Å²) in [7, 11) is 0. The van der Waals surface area contributed by atoms with Crippen LogP contribution < -0.4 is 5.73 Å². The number of carboxylic acid groups (broad SMARTS) is 1. The Morgan fingerprint density at radius 2 is 2.00 bits per heavy atom. The molecule has 0 spiro atoms. The lowest BCUT2D eigenvalue weighted by Crippen LogP contribution is -1.96. The third-order valence-corrected chi connectivity index (χ3v) is 1.96. The van der Waals surface area contributed by atoms with Crippen molar-refractivity contribution < 1.29 is 9.90 Å². The van der Waals surface area contributed by atoms with Crippen LogP contribution in [0.5, 0.6) is 0 Å². The van der Waals surface area contributed by atoms with E-state index in [1.54, 1.807) is 24.3 Å². The Hall–Kier alpha value is -1.81. The van der Waals surface area contributed by atoms with E-state index in [1.807, 2.05) is 0 Å². The van der Waals surface area contributed by atoms with E-state index in [1.165, 1.54) is 6.07 Å². The summed E-state index contributed by atoms with van der Waals surface area (Å²) in [5, 5.41) is 9.53. The molecule has 15 heavy (non-hydrogen) atoms. The van der Waals surface area contributed by atoms with Crippen molar-refractivity contribution in [1.29, 1.82) is 0 Å². The largest absolute Gasteiger partial charge is 0.478 e. The Labute approximate surface area is 92.1 Å². The molecule has 0 aliphatic heterocycles. The maximum atomic E-state index is 10.7. The van der Waals surface area contributed by atoms with Crippen molar-refractivity contribution in [2.45, 2.75) is 0 Å². The zero-order valence-corrected chi connectivity index (χ0v) is 8.49.